The predicted octanol–water partition coefficient (Wildman–Crippen LogP) is 3.64. The molecule has 1 aromatic heterocycles. The van der Waals surface area contributed by atoms with E-state index in [-0.39, 0.29) is 16.8 Å². The number of benzene rings is 2. The fourth-order valence-electron chi connectivity index (χ4n) is 2.51. The van der Waals surface area contributed by atoms with Gasteiger partial charge >= 0.3 is 0 Å². The van der Waals surface area contributed by atoms with Gasteiger partial charge in [0.1, 0.15) is 11.6 Å². The summed E-state index contributed by atoms with van der Waals surface area (Å²) >= 11 is 0. The molecule has 0 fully saturated rings. The minimum absolute atomic E-state index is 0.0428. The zero-order chi connectivity index (χ0) is 15.6. The molecule has 110 valence electrons. The van der Waals surface area contributed by atoms with Crippen LogP contribution in [0.2, 0.25) is 0 Å². The zero-order valence-electron chi connectivity index (χ0n) is 11.6. The number of pyridine rings is 1. The van der Waals surface area contributed by atoms with E-state index in [0.29, 0.717) is 0 Å². The van der Waals surface area contributed by atoms with Gasteiger partial charge in [-0.2, -0.15) is 0 Å². The van der Waals surface area contributed by atoms with E-state index in [1.165, 1.54) is 42.6 Å². The lowest BCUT2D eigenvalue weighted by Gasteiger charge is -2.29. The number of aliphatic hydroxyl groups is 1. The first-order chi connectivity index (χ1) is 10.6. The highest BCUT2D eigenvalue weighted by Crippen LogP contribution is 2.37. The first-order valence-corrected chi connectivity index (χ1v) is 6.78. The molecular weight excluding hydrogens is 284 g/mol. The van der Waals surface area contributed by atoms with Crippen LogP contribution in [-0.4, -0.2) is 10.1 Å². The maximum Gasteiger partial charge on any atom is 0.162 e. The van der Waals surface area contributed by atoms with Crippen molar-refractivity contribution in [3.63, 3.8) is 0 Å². The van der Waals surface area contributed by atoms with Crippen molar-refractivity contribution < 1.29 is 13.9 Å². The normalized spacial score (nSPS) is 11.4. The number of nitrogens with zero attached hydrogens (tertiary/aromatic N) is 1. The van der Waals surface area contributed by atoms with E-state index in [4.69, 9.17) is 0 Å². The number of hydrogen-bond donors (Lipinski definition) is 1. The van der Waals surface area contributed by atoms with E-state index >= 15 is 0 Å². The summed E-state index contributed by atoms with van der Waals surface area (Å²) in [5.41, 5.74) is -1.93. The van der Waals surface area contributed by atoms with Crippen LogP contribution >= 0.6 is 0 Å². The van der Waals surface area contributed by atoms with Crippen molar-refractivity contribution in [2.45, 2.75) is 5.60 Å². The van der Waals surface area contributed by atoms with Crippen molar-refractivity contribution >= 4 is 0 Å². The Labute approximate surface area is 126 Å². The van der Waals surface area contributed by atoms with E-state index in [1.807, 2.05) is 0 Å². The van der Waals surface area contributed by atoms with Gasteiger partial charge in [0.05, 0.1) is 5.69 Å². The molecule has 0 bridgehead atoms. The molecule has 1 heterocycles. The summed E-state index contributed by atoms with van der Waals surface area (Å²) in [4.78, 5) is 4.10. The Kier molecular flexibility index (Phi) is 3.69. The van der Waals surface area contributed by atoms with Gasteiger partial charge in [-0.1, -0.05) is 42.5 Å². The fraction of sp³-hybridized carbons (Fsp3) is 0.0556. The Morgan fingerprint density at radius 3 is 1.68 bits per heavy atom. The zero-order valence-corrected chi connectivity index (χ0v) is 11.6. The Balaban J connectivity index is 2.33. The topological polar surface area (TPSA) is 33.1 Å². The number of halogens is 2. The van der Waals surface area contributed by atoms with E-state index in [1.54, 1.807) is 30.3 Å². The average molecular weight is 297 g/mol. The van der Waals surface area contributed by atoms with Crippen LogP contribution in [0.25, 0.3) is 0 Å². The van der Waals surface area contributed by atoms with Gasteiger partial charge in [-0.05, 0) is 24.3 Å². The molecule has 0 aliphatic heterocycles. The molecule has 0 radical (unpaired) electrons. The minimum Gasteiger partial charge on any atom is -0.374 e. The van der Waals surface area contributed by atoms with Gasteiger partial charge < -0.3 is 5.11 Å². The quantitative estimate of drug-likeness (QED) is 0.800. The fourth-order valence-corrected chi connectivity index (χ4v) is 2.51. The summed E-state index contributed by atoms with van der Waals surface area (Å²) < 4.78 is 28.6. The molecule has 0 aliphatic carbocycles. The van der Waals surface area contributed by atoms with Gasteiger partial charge in [0.25, 0.3) is 0 Å². The summed E-state index contributed by atoms with van der Waals surface area (Å²) in [6.07, 6.45) is 1.47. The molecule has 1 N–H and O–H groups in total. The number of aromatic nitrogens is 1. The second-order valence-corrected chi connectivity index (χ2v) is 4.89. The van der Waals surface area contributed by atoms with Crippen molar-refractivity contribution in [3.05, 3.63) is 101 Å². The predicted molar refractivity (Wildman–Crippen MR) is 79.1 cm³/mol. The van der Waals surface area contributed by atoms with Crippen LogP contribution in [0.1, 0.15) is 16.8 Å². The molecule has 0 aliphatic rings. The van der Waals surface area contributed by atoms with Gasteiger partial charge in [0, 0.05) is 17.3 Å². The average Bonchev–Trinajstić information content (AvgIpc) is 2.56. The van der Waals surface area contributed by atoms with Crippen molar-refractivity contribution in [3.8, 4) is 0 Å². The first-order valence-electron chi connectivity index (χ1n) is 6.78. The molecule has 2 nitrogen and oxygen atoms in total. The second kappa shape index (κ2) is 5.66. The van der Waals surface area contributed by atoms with E-state index in [9.17, 15) is 13.9 Å². The summed E-state index contributed by atoms with van der Waals surface area (Å²) in [5, 5.41) is 11.2. The lowest BCUT2D eigenvalue weighted by molar-refractivity contribution is 0.112. The molecule has 0 unspecified atom stereocenters. The Bertz CT molecular complexity index is 744. The number of hydrogen-bond acceptors (Lipinski definition) is 2. The van der Waals surface area contributed by atoms with Gasteiger partial charge in [0.2, 0.25) is 0 Å². The minimum atomic E-state index is -2.00. The van der Waals surface area contributed by atoms with Crippen molar-refractivity contribution in [2.24, 2.45) is 0 Å². The van der Waals surface area contributed by atoms with Gasteiger partial charge in [0.15, 0.2) is 5.60 Å². The highest BCUT2D eigenvalue weighted by Gasteiger charge is 2.39. The highest BCUT2D eigenvalue weighted by atomic mass is 19.1. The molecule has 3 rings (SSSR count). The molecule has 0 saturated carbocycles. The van der Waals surface area contributed by atoms with E-state index in [0.717, 1.165) is 0 Å². The summed E-state index contributed by atoms with van der Waals surface area (Å²) in [5.74, 6) is -1.25. The maximum atomic E-state index is 14.3. The van der Waals surface area contributed by atoms with Crippen LogP contribution in [0, 0.1) is 11.6 Å². The Morgan fingerprint density at radius 1 is 0.727 bits per heavy atom. The maximum absolute atomic E-state index is 14.3. The van der Waals surface area contributed by atoms with Crippen LogP contribution in [0.3, 0.4) is 0 Å². The number of rotatable bonds is 3. The van der Waals surface area contributed by atoms with E-state index < -0.39 is 17.2 Å². The van der Waals surface area contributed by atoms with Crippen LogP contribution in [0.15, 0.2) is 72.9 Å². The van der Waals surface area contributed by atoms with Crippen molar-refractivity contribution in [1.82, 2.24) is 4.98 Å². The Morgan fingerprint density at radius 2 is 1.23 bits per heavy atom. The SMILES string of the molecule is OC(c1ccccn1)(c1ccccc1F)c1ccccc1F. The van der Waals surface area contributed by atoms with E-state index in [2.05, 4.69) is 4.98 Å². The molecule has 2 aromatic carbocycles. The summed E-state index contributed by atoms with van der Waals surface area (Å²) in [7, 11) is 0. The molecule has 0 spiro atoms. The standard InChI is InChI=1S/C18H13F2NO/c19-15-9-3-1-7-13(15)18(22,17-11-5-6-12-21-17)14-8-2-4-10-16(14)20/h1-12,22H. The third kappa shape index (κ3) is 2.27. The summed E-state index contributed by atoms with van der Waals surface area (Å²) in [6, 6.07) is 16.4. The van der Waals surface area contributed by atoms with Gasteiger partial charge in [-0.3, -0.25) is 4.98 Å². The van der Waals surface area contributed by atoms with Gasteiger partial charge in [-0.25, -0.2) is 8.78 Å². The molecule has 3 aromatic rings. The van der Waals surface area contributed by atoms with Crippen LogP contribution in [0.4, 0.5) is 8.78 Å². The molecule has 0 amide bonds. The van der Waals surface area contributed by atoms with Crippen LogP contribution in [0.5, 0.6) is 0 Å². The van der Waals surface area contributed by atoms with Crippen molar-refractivity contribution in [1.29, 1.82) is 0 Å². The molecule has 0 saturated heterocycles. The molecule has 4 heteroatoms. The monoisotopic (exact) mass is 297 g/mol. The first kappa shape index (κ1) is 14.4. The summed E-state index contributed by atoms with van der Waals surface area (Å²) in [6.45, 7) is 0. The molecule has 0 atom stereocenters. The van der Waals surface area contributed by atoms with Crippen molar-refractivity contribution in [2.75, 3.05) is 0 Å². The molecular formula is C18H13F2NO. The van der Waals surface area contributed by atoms with Crippen LogP contribution < -0.4 is 0 Å². The highest BCUT2D eigenvalue weighted by molar-refractivity contribution is 5.45. The molecule has 22 heavy (non-hydrogen) atoms. The largest absolute Gasteiger partial charge is 0.374 e. The van der Waals surface area contributed by atoms with Crippen LogP contribution in [-0.2, 0) is 5.60 Å². The lowest BCUT2D eigenvalue weighted by Crippen LogP contribution is -2.32. The Hall–Kier alpha value is -2.59. The third-order valence-electron chi connectivity index (χ3n) is 3.56. The third-order valence-corrected chi connectivity index (χ3v) is 3.56. The second-order valence-electron chi connectivity index (χ2n) is 4.89. The smallest absolute Gasteiger partial charge is 0.162 e. The van der Waals surface area contributed by atoms with Gasteiger partial charge in [-0.15, -0.1) is 0 Å². The lowest BCUT2D eigenvalue weighted by atomic mass is 9.82.